The van der Waals surface area contributed by atoms with Crippen molar-refractivity contribution in [2.24, 2.45) is 7.05 Å². The molecule has 32 heavy (non-hydrogen) atoms. The molecule has 2 N–H and O–H groups in total. The summed E-state index contributed by atoms with van der Waals surface area (Å²) >= 11 is 0. The summed E-state index contributed by atoms with van der Waals surface area (Å²) in [6.07, 6.45) is 3.29. The maximum absolute atomic E-state index is 12.8. The number of benzene rings is 2. The van der Waals surface area contributed by atoms with Gasteiger partial charge < -0.3 is 15.2 Å². The van der Waals surface area contributed by atoms with Crippen LogP contribution in [-0.4, -0.2) is 44.2 Å². The average Bonchev–Trinajstić information content (AvgIpc) is 3.03. The van der Waals surface area contributed by atoms with Crippen molar-refractivity contribution < 1.29 is 18.6 Å². The minimum absolute atomic E-state index is 0.0290. The Balaban J connectivity index is 1.73. The Morgan fingerprint density at radius 2 is 1.88 bits per heavy atom. The van der Waals surface area contributed by atoms with Gasteiger partial charge in [0.25, 0.3) is 5.56 Å². The highest BCUT2D eigenvalue weighted by molar-refractivity contribution is 5.84. The number of para-hydroxylation sites is 1. The van der Waals surface area contributed by atoms with Gasteiger partial charge in [0.15, 0.2) is 0 Å². The molecule has 0 saturated carbocycles. The third kappa shape index (κ3) is 4.30. The average molecular weight is 441 g/mol. The molecule has 0 amide bonds. The molecule has 0 fully saturated rings. The van der Waals surface area contributed by atoms with E-state index in [9.17, 15) is 13.6 Å². The van der Waals surface area contributed by atoms with Crippen LogP contribution in [0, 0.1) is 0 Å². The van der Waals surface area contributed by atoms with Crippen molar-refractivity contribution in [1.29, 1.82) is 0 Å². The molecule has 4 aromatic rings. The number of nitrogens with one attached hydrogen (secondary N) is 1. The molecule has 2 heterocycles. The maximum atomic E-state index is 12.8. The zero-order valence-corrected chi connectivity index (χ0v) is 17.2. The number of hydrogen-bond donors (Lipinski definition) is 2. The molecule has 0 aliphatic carbocycles. The predicted molar refractivity (Wildman–Crippen MR) is 116 cm³/mol. The number of aliphatic hydroxyl groups is 1. The molecule has 2 aromatic heterocycles. The fraction of sp³-hybridized carbons (Fsp3) is 0.227. The largest absolute Gasteiger partial charge is 0.434 e. The monoisotopic (exact) mass is 441 g/mol. The van der Waals surface area contributed by atoms with Crippen molar-refractivity contribution in [2.75, 3.05) is 18.5 Å². The van der Waals surface area contributed by atoms with E-state index in [2.05, 4.69) is 20.0 Å². The van der Waals surface area contributed by atoms with Gasteiger partial charge in [0, 0.05) is 37.1 Å². The van der Waals surface area contributed by atoms with Gasteiger partial charge >= 0.3 is 6.61 Å². The summed E-state index contributed by atoms with van der Waals surface area (Å²) in [5, 5.41) is 12.3. The van der Waals surface area contributed by atoms with Crippen LogP contribution in [0.15, 0.2) is 59.7 Å². The smallest absolute Gasteiger partial charge is 0.387 e. The molecule has 0 spiro atoms. The zero-order chi connectivity index (χ0) is 22.7. The molecule has 8 nitrogen and oxygen atoms in total. The Hall–Kier alpha value is -3.79. The van der Waals surface area contributed by atoms with E-state index in [1.807, 2.05) is 6.07 Å². The Bertz CT molecular complexity index is 1290. The van der Waals surface area contributed by atoms with E-state index < -0.39 is 6.61 Å². The minimum Gasteiger partial charge on any atom is -0.434 e. The van der Waals surface area contributed by atoms with Gasteiger partial charge in [-0.2, -0.15) is 8.78 Å². The van der Waals surface area contributed by atoms with Crippen LogP contribution in [0.3, 0.4) is 0 Å². The second-order valence-electron chi connectivity index (χ2n) is 7.05. The van der Waals surface area contributed by atoms with Crippen LogP contribution in [0.1, 0.15) is 5.56 Å². The highest BCUT2D eigenvalue weighted by Crippen LogP contribution is 2.26. The number of aliphatic hydroxyl groups excluding tert-OH is 1. The fourth-order valence-electron chi connectivity index (χ4n) is 3.49. The van der Waals surface area contributed by atoms with Crippen LogP contribution < -0.4 is 15.6 Å². The molecule has 0 atom stereocenters. The number of anilines is 1. The molecule has 0 bridgehead atoms. The molecular weight excluding hydrogens is 420 g/mol. The summed E-state index contributed by atoms with van der Waals surface area (Å²) in [6.45, 7) is -2.46. The van der Waals surface area contributed by atoms with Gasteiger partial charge in [0.05, 0.1) is 24.1 Å². The van der Waals surface area contributed by atoms with Crippen LogP contribution in [0.5, 0.6) is 5.75 Å². The number of ether oxygens (including phenoxy) is 1. The normalized spacial score (nSPS) is 11.3. The number of halogens is 2. The number of aromatic nitrogens is 4. The molecule has 2 aromatic carbocycles. The van der Waals surface area contributed by atoms with E-state index >= 15 is 0 Å². The summed E-state index contributed by atoms with van der Waals surface area (Å²) in [5.41, 5.74) is 2.50. The van der Waals surface area contributed by atoms with Gasteiger partial charge in [-0.1, -0.05) is 24.3 Å². The molecular formula is C22H21F2N5O3. The van der Waals surface area contributed by atoms with Gasteiger partial charge in [-0.05, 0) is 23.8 Å². The summed E-state index contributed by atoms with van der Waals surface area (Å²) < 4.78 is 33.4. The summed E-state index contributed by atoms with van der Waals surface area (Å²) in [4.78, 5) is 21.2. The van der Waals surface area contributed by atoms with Crippen LogP contribution in [0.4, 0.5) is 14.7 Å². The quantitative estimate of drug-likeness (QED) is 0.437. The van der Waals surface area contributed by atoms with E-state index in [-0.39, 0.29) is 24.5 Å². The molecule has 0 radical (unpaired) electrons. The van der Waals surface area contributed by atoms with E-state index in [4.69, 9.17) is 5.11 Å². The highest BCUT2D eigenvalue weighted by Gasteiger charge is 2.15. The Morgan fingerprint density at radius 1 is 1.12 bits per heavy atom. The van der Waals surface area contributed by atoms with Crippen LogP contribution in [0.25, 0.3) is 22.0 Å². The van der Waals surface area contributed by atoms with E-state index in [1.54, 1.807) is 54.5 Å². The summed E-state index contributed by atoms with van der Waals surface area (Å²) in [6, 6.07) is 11.9. The molecule has 0 aliphatic heterocycles. The topological polar surface area (TPSA) is 94.2 Å². The lowest BCUT2D eigenvalue weighted by Crippen LogP contribution is -2.20. The minimum atomic E-state index is -2.94. The lowest BCUT2D eigenvalue weighted by Gasteiger charge is -2.14. The zero-order valence-electron chi connectivity index (χ0n) is 17.2. The second-order valence-corrected chi connectivity index (χ2v) is 7.05. The number of fused-ring (bicyclic) bond motifs is 1. The van der Waals surface area contributed by atoms with Crippen molar-refractivity contribution in [3.05, 3.63) is 70.8 Å². The number of hydrogen-bond acceptors (Lipinski definition) is 6. The lowest BCUT2D eigenvalue weighted by molar-refractivity contribution is -0.0505. The molecule has 0 saturated heterocycles. The second kappa shape index (κ2) is 9.15. The standard InChI is InChI=1S/C22H21F2N5O3/c1-28-20(31)17-7-6-14(16-11-26-22(27-12-16)25-8-9-30)10-18(17)29(28)13-15-4-2-3-5-19(15)32-21(23)24/h2-7,10-12,21,30H,8-9,13H2,1H3,(H,25,26,27). The first-order valence-corrected chi connectivity index (χ1v) is 9.87. The first-order chi connectivity index (χ1) is 15.5. The lowest BCUT2D eigenvalue weighted by atomic mass is 10.1. The molecule has 10 heteroatoms. The number of nitrogens with zero attached hydrogens (tertiary/aromatic N) is 4. The van der Waals surface area contributed by atoms with Crippen LogP contribution in [0.2, 0.25) is 0 Å². The third-order valence-electron chi connectivity index (χ3n) is 5.05. The highest BCUT2D eigenvalue weighted by atomic mass is 19.3. The summed E-state index contributed by atoms with van der Waals surface area (Å²) in [5.74, 6) is 0.462. The van der Waals surface area contributed by atoms with E-state index in [0.717, 1.165) is 11.1 Å². The fourth-order valence-corrected chi connectivity index (χ4v) is 3.49. The number of rotatable bonds is 8. The Morgan fingerprint density at radius 3 is 2.59 bits per heavy atom. The van der Waals surface area contributed by atoms with Crippen molar-refractivity contribution in [2.45, 2.75) is 13.2 Å². The van der Waals surface area contributed by atoms with E-state index in [0.29, 0.717) is 29.0 Å². The van der Waals surface area contributed by atoms with Gasteiger partial charge in [0.1, 0.15) is 5.75 Å². The van der Waals surface area contributed by atoms with Crippen LogP contribution >= 0.6 is 0 Å². The third-order valence-corrected chi connectivity index (χ3v) is 5.05. The molecule has 0 aliphatic rings. The Kier molecular flexibility index (Phi) is 6.13. The molecule has 166 valence electrons. The van der Waals surface area contributed by atoms with Gasteiger partial charge in [-0.25, -0.2) is 9.97 Å². The van der Waals surface area contributed by atoms with Crippen molar-refractivity contribution in [3.63, 3.8) is 0 Å². The van der Waals surface area contributed by atoms with Crippen molar-refractivity contribution in [3.8, 4) is 16.9 Å². The Labute approximate surface area is 181 Å². The van der Waals surface area contributed by atoms with Gasteiger partial charge in [-0.15, -0.1) is 0 Å². The van der Waals surface area contributed by atoms with Crippen LogP contribution in [-0.2, 0) is 13.6 Å². The van der Waals surface area contributed by atoms with Crippen molar-refractivity contribution in [1.82, 2.24) is 19.3 Å². The van der Waals surface area contributed by atoms with Crippen molar-refractivity contribution >= 4 is 16.9 Å². The van der Waals surface area contributed by atoms with E-state index in [1.165, 1.54) is 10.7 Å². The number of alkyl halides is 2. The molecule has 0 unspecified atom stereocenters. The first kappa shape index (κ1) is 21.4. The maximum Gasteiger partial charge on any atom is 0.387 e. The summed E-state index contributed by atoms with van der Waals surface area (Å²) in [7, 11) is 1.63. The molecule has 4 rings (SSSR count). The SMILES string of the molecule is Cn1c(=O)c2ccc(-c3cnc(NCCO)nc3)cc2n1Cc1ccccc1OC(F)F. The van der Waals surface area contributed by atoms with Gasteiger partial charge in [0.2, 0.25) is 5.95 Å². The first-order valence-electron chi connectivity index (χ1n) is 9.87. The van der Waals surface area contributed by atoms with Gasteiger partial charge in [-0.3, -0.25) is 14.2 Å². The predicted octanol–water partition coefficient (Wildman–Crippen LogP) is 2.85.